The van der Waals surface area contributed by atoms with Gasteiger partial charge in [0, 0.05) is 30.2 Å². The fourth-order valence-corrected chi connectivity index (χ4v) is 2.37. The van der Waals surface area contributed by atoms with Crippen molar-refractivity contribution >= 4 is 11.6 Å². The van der Waals surface area contributed by atoms with Gasteiger partial charge < -0.3 is 10.2 Å². The number of likely N-dealkylation sites (N-methyl/N-ethyl adjacent to an activating group) is 1. The molecule has 2 nitrogen and oxygen atoms in total. The molecule has 0 aliphatic rings. The first-order valence-corrected chi connectivity index (χ1v) is 7.65. The molecule has 0 saturated heterocycles. The largest absolute Gasteiger partial charge is 0.309 e. The number of benzene rings is 1. The Morgan fingerprint density at radius 3 is 2.58 bits per heavy atom. The minimum atomic E-state index is 0.393. The van der Waals surface area contributed by atoms with Gasteiger partial charge in [0.1, 0.15) is 0 Å². The van der Waals surface area contributed by atoms with E-state index < -0.39 is 0 Å². The summed E-state index contributed by atoms with van der Waals surface area (Å²) in [6.45, 7) is 8.79. The molecule has 1 N–H and O–H groups in total. The van der Waals surface area contributed by atoms with Crippen LogP contribution in [0.25, 0.3) is 0 Å². The fourth-order valence-electron chi connectivity index (χ4n) is 2.17. The van der Waals surface area contributed by atoms with Crippen molar-refractivity contribution in [1.82, 2.24) is 10.2 Å². The van der Waals surface area contributed by atoms with E-state index in [1.807, 2.05) is 12.1 Å². The van der Waals surface area contributed by atoms with Crippen molar-refractivity contribution in [1.29, 1.82) is 0 Å². The highest BCUT2D eigenvalue weighted by Crippen LogP contribution is 2.20. The molecule has 2 atom stereocenters. The van der Waals surface area contributed by atoms with E-state index in [2.05, 4.69) is 50.2 Å². The van der Waals surface area contributed by atoms with Crippen LogP contribution in [0.3, 0.4) is 0 Å². The zero-order valence-electron chi connectivity index (χ0n) is 12.6. The van der Waals surface area contributed by atoms with Gasteiger partial charge in [0.2, 0.25) is 0 Å². The number of nitrogens with one attached hydrogen (secondary N) is 1. The van der Waals surface area contributed by atoms with Gasteiger partial charge in [-0.2, -0.15) is 0 Å². The molecule has 0 aromatic heterocycles. The smallest absolute Gasteiger partial charge is 0.0409 e. The van der Waals surface area contributed by atoms with E-state index >= 15 is 0 Å². The number of hydrogen-bond acceptors (Lipinski definition) is 2. The predicted molar refractivity (Wildman–Crippen MR) is 84.9 cm³/mol. The van der Waals surface area contributed by atoms with E-state index in [0.29, 0.717) is 12.1 Å². The molecule has 1 rings (SSSR count). The average Bonchev–Trinajstić information content (AvgIpc) is 2.42. The predicted octanol–water partition coefficient (Wildman–Crippen LogP) is 4.11. The van der Waals surface area contributed by atoms with Gasteiger partial charge in [0.15, 0.2) is 0 Å². The standard InChI is InChI=1S/C16H27ClN2/c1-5-13(3)19(4)11-10-18-16(6-2)14-8-7-9-15(17)12-14/h7-9,12-13,16,18H,5-6,10-11H2,1-4H3. The molecular formula is C16H27ClN2. The van der Waals surface area contributed by atoms with Crippen molar-refractivity contribution in [2.45, 2.75) is 45.7 Å². The van der Waals surface area contributed by atoms with Crippen molar-refractivity contribution in [2.75, 3.05) is 20.1 Å². The molecule has 3 heteroatoms. The zero-order chi connectivity index (χ0) is 14.3. The molecule has 1 aromatic carbocycles. The summed E-state index contributed by atoms with van der Waals surface area (Å²) < 4.78 is 0. The Kier molecular flexibility index (Phi) is 7.44. The molecule has 2 unspecified atom stereocenters. The molecule has 0 fully saturated rings. The molecule has 0 radical (unpaired) electrons. The van der Waals surface area contributed by atoms with E-state index in [1.54, 1.807) is 0 Å². The maximum atomic E-state index is 6.05. The molecular weight excluding hydrogens is 256 g/mol. The van der Waals surface area contributed by atoms with E-state index in [9.17, 15) is 0 Å². The first-order chi connectivity index (χ1) is 9.08. The topological polar surface area (TPSA) is 15.3 Å². The Balaban J connectivity index is 2.45. The first-order valence-electron chi connectivity index (χ1n) is 7.27. The molecule has 1 aromatic rings. The van der Waals surface area contributed by atoms with Crippen LogP contribution in [-0.2, 0) is 0 Å². The van der Waals surface area contributed by atoms with Crippen LogP contribution in [-0.4, -0.2) is 31.1 Å². The second kappa shape index (κ2) is 8.57. The normalized spacial score (nSPS) is 14.6. The lowest BCUT2D eigenvalue weighted by molar-refractivity contribution is 0.248. The Labute approximate surface area is 123 Å². The van der Waals surface area contributed by atoms with Gasteiger partial charge in [0.25, 0.3) is 0 Å². The minimum Gasteiger partial charge on any atom is -0.309 e. The van der Waals surface area contributed by atoms with Crippen LogP contribution in [0.1, 0.15) is 45.2 Å². The number of halogens is 1. The number of rotatable bonds is 8. The maximum Gasteiger partial charge on any atom is 0.0409 e. The van der Waals surface area contributed by atoms with Gasteiger partial charge in [0.05, 0.1) is 0 Å². The molecule has 0 amide bonds. The van der Waals surface area contributed by atoms with Gasteiger partial charge in [-0.3, -0.25) is 0 Å². The van der Waals surface area contributed by atoms with Crippen molar-refractivity contribution in [3.8, 4) is 0 Å². The Morgan fingerprint density at radius 1 is 1.26 bits per heavy atom. The van der Waals surface area contributed by atoms with Crippen molar-refractivity contribution in [3.05, 3.63) is 34.9 Å². The summed E-state index contributed by atoms with van der Waals surface area (Å²) in [5.74, 6) is 0. The van der Waals surface area contributed by atoms with Gasteiger partial charge in [-0.25, -0.2) is 0 Å². The third kappa shape index (κ3) is 5.52. The van der Waals surface area contributed by atoms with Crippen molar-refractivity contribution in [3.63, 3.8) is 0 Å². The summed E-state index contributed by atoms with van der Waals surface area (Å²) in [5.41, 5.74) is 1.28. The summed E-state index contributed by atoms with van der Waals surface area (Å²) >= 11 is 6.05. The molecule has 108 valence electrons. The van der Waals surface area contributed by atoms with E-state index in [-0.39, 0.29) is 0 Å². The maximum absolute atomic E-state index is 6.05. The lowest BCUT2D eigenvalue weighted by Gasteiger charge is -2.25. The van der Waals surface area contributed by atoms with Gasteiger partial charge in [-0.15, -0.1) is 0 Å². The van der Waals surface area contributed by atoms with E-state index in [4.69, 9.17) is 11.6 Å². The molecule has 19 heavy (non-hydrogen) atoms. The van der Waals surface area contributed by atoms with Crippen LogP contribution in [0.2, 0.25) is 5.02 Å². The summed E-state index contributed by atoms with van der Waals surface area (Å²) in [6.07, 6.45) is 2.27. The minimum absolute atomic E-state index is 0.393. The third-order valence-electron chi connectivity index (χ3n) is 3.86. The summed E-state index contributed by atoms with van der Waals surface area (Å²) in [5, 5.41) is 4.44. The zero-order valence-corrected chi connectivity index (χ0v) is 13.4. The van der Waals surface area contributed by atoms with Gasteiger partial charge >= 0.3 is 0 Å². The van der Waals surface area contributed by atoms with E-state index in [1.165, 1.54) is 12.0 Å². The van der Waals surface area contributed by atoms with Crippen LogP contribution in [0.5, 0.6) is 0 Å². The Hall–Kier alpha value is -0.570. The van der Waals surface area contributed by atoms with Crippen LogP contribution in [0, 0.1) is 0 Å². The Morgan fingerprint density at radius 2 is 2.00 bits per heavy atom. The molecule has 0 bridgehead atoms. The van der Waals surface area contributed by atoms with Crippen LogP contribution in [0.15, 0.2) is 24.3 Å². The number of hydrogen-bond donors (Lipinski definition) is 1. The highest BCUT2D eigenvalue weighted by Gasteiger charge is 2.10. The number of nitrogens with zero attached hydrogens (tertiary/aromatic N) is 1. The lowest BCUT2D eigenvalue weighted by atomic mass is 10.0. The fraction of sp³-hybridized carbons (Fsp3) is 0.625. The second-order valence-electron chi connectivity index (χ2n) is 5.21. The lowest BCUT2D eigenvalue weighted by Crippen LogP contribution is -2.36. The third-order valence-corrected chi connectivity index (χ3v) is 4.09. The highest BCUT2D eigenvalue weighted by molar-refractivity contribution is 6.30. The van der Waals surface area contributed by atoms with Crippen LogP contribution in [0.4, 0.5) is 0 Å². The molecule has 0 heterocycles. The molecule has 0 aliphatic heterocycles. The SMILES string of the molecule is CCC(NCCN(C)C(C)CC)c1cccc(Cl)c1. The summed E-state index contributed by atoms with van der Waals surface area (Å²) in [7, 11) is 2.19. The highest BCUT2D eigenvalue weighted by atomic mass is 35.5. The molecule has 0 saturated carbocycles. The van der Waals surface area contributed by atoms with Crippen LogP contribution < -0.4 is 5.32 Å². The van der Waals surface area contributed by atoms with Crippen molar-refractivity contribution in [2.24, 2.45) is 0 Å². The molecule has 0 spiro atoms. The summed E-state index contributed by atoms with van der Waals surface area (Å²) in [4.78, 5) is 2.40. The Bertz CT molecular complexity index is 368. The van der Waals surface area contributed by atoms with Gasteiger partial charge in [-0.1, -0.05) is 37.6 Å². The molecule has 0 aliphatic carbocycles. The van der Waals surface area contributed by atoms with E-state index in [0.717, 1.165) is 24.5 Å². The van der Waals surface area contributed by atoms with Gasteiger partial charge in [-0.05, 0) is 44.5 Å². The average molecular weight is 283 g/mol. The van der Waals surface area contributed by atoms with Crippen molar-refractivity contribution < 1.29 is 0 Å². The monoisotopic (exact) mass is 282 g/mol. The second-order valence-corrected chi connectivity index (χ2v) is 5.64. The van der Waals surface area contributed by atoms with Crippen LogP contribution >= 0.6 is 11.6 Å². The quantitative estimate of drug-likeness (QED) is 0.772. The summed E-state index contributed by atoms with van der Waals surface area (Å²) in [6, 6.07) is 9.19. The first kappa shape index (κ1) is 16.5.